The van der Waals surface area contributed by atoms with Crippen molar-refractivity contribution in [1.29, 1.82) is 0 Å². The van der Waals surface area contributed by atoms with Crippen molar-refractivity contribution in [1.82, 2.24) is 19.9 Å². The normalized spacial score (nSPS) is 20.2. The largest absolute Gasteiger partial charge is 0.481 e. The molecule has 0 saturated carbocycles. The molecule has 0 aliphatic carbocycles. The average Bonchev–Trinajstić information content (AvgIpc) is 3.12. The second-order valence-electron chi connectivity index (χ2n) is 6.34. The summed E-state index contributed by atoms with van der Waals surface area (Å²) in [4.78, 5) is 27.1. The van der Waals surface area contributed by atoms with E-state index in [0.717, 1.165) is 0 Å². The third kappa shape index (κ3) is 3.43. The molecular weight excluding hydrogens is 343 g/mol. The van der Waals surface area contributed by atoms with Gasteiger partial charge in [-0.15, -0.1) is 5.10 Å². The molecule has 1 aromatic carbocycles. The van der Waals surface area contributed by atoms with Crippen LogP contribution in [0.3, 0.4) is 0 Å². The van der Waals surface area contributed by atoms with Crippen LogP contribution in [0.25, 0.3) is 5.69 Å². The third-order valence-corrected chi connectivity index (χ3v) is 4.51. The Morgan fingerprint density at radius 1 is 1.35 bits per heavy atom. The highest BCUT2D eigenvalue weighted by Crippen LogP contribution is 2.31. The van der Waals surface area contributed by atoms with Crippen molar-refractivity contribution >= 4 is 11.9 Å². The number of nitrogens with zero attached hydrogens (tertiary/aromatic N) is 4. The molecule has 1 aliphatic rings. The average molecular weight is 362 g/mol. The van der Waals surface area contributed by atoms with Crippen molar-refractivity contribution in [2.45, 2.75) is 12.8 Å². The molecule has 138 valence electrons. The van der Waals surface area contributed by atoms with Crippen LogP contribution in [0.15, 0.2) is 30.5 Å². The first-order valence-corrected chi connectivity index (χ1v) is 8.15. The van der Waals surface area contributed by atoms with Gasteiger partial charge in [0.25, 0.3) is 5.91 Å². The minimum absolute atomic E-state index is 0.0361. The Bertz CT molecular complexity index is 803. The number of carboxylic acids is 1. The van der Waals surface area contributed by atoms with Gasteiger partial charge in [-0.1, -0.05) is 0 Å². The molecule has 0 bridgehead atoms. The van der Waals surface area contributed by atoms with Crippen LogP contribution in [0.5, 0.6) is 0 Å². The Kier molecular flexibility index (Phi) is 4.99. The van der Waals surface area contributed by atoms with E-state index in [9.17, 15) is 19.1 Å². The number of hydrogen-bond donors (Lipinski definition) is 1. The number of carboxylic acid groups (broad SMARTS) is 1. The van der Waals surface area contributed by atoms with Gasteiger partial charge in [0.2, 0.25) is 0 Å². The van der Waals surface area contributed by atoms with E-state index in [-0.39, 0.29) is 30.6 Å². The molecule has 1 atom stereocenters. The number of piperidine rings is 1. The van der Waals surface area contributed by atoms with Crippen LogP contribution in [0.2, 0.25) is 0 Å². The predicted octanol–water partition coefficient (Wildman–Crippen LogP) is 1.36. The Morgan fingerprint density at radius 3 is 2.73 bits per heavy atom. The SMILES string of the molecule is COCC1(C(=O)O)CCCN(C(=O)c2cnn(-c3ccc(F)cc3)n2)C1. The molecule has 2 heterocycles. The zero-order valence-corrected chi connectivity index (χ0v) is 14.3. The third-order valence-electron chi connectivity index (χ3n) is 4.51. The zero-order chi connectivity index (χ0) is 18.7. The van der Waals surface area contributed by atoms with Crippen LogP contribution < -0.4 is 0 Å². The van der Waals surface area contributed by atoms with Gasteiger partial charge >= 0.3 is 5.97 Å². The second-order valence-corrected chi connectivity index (χ2v) is 6.34. The fraction of sp³-hybridized carbons (Fsp3) is 0.412. The van der Waals surface area contributed by atoms with E-state index < -0.39 is 11.4 Å². The van der Waals surface area contributed by atoms with E-state index in [2.05, 4.69) is 10.2 Å². The fourth-order valence-corrected chi connectivity index (χ4v) is 3.16. The molecule has 1 N–H and O–H groups in total. The number of benzene rings is 1. The minimum atomic E-state index is -1.12. The number of aliphatic carboxylic acids is 1. The van der Waals surface area contributed by atoms with Crippen LogP contribution in [0.4, 0.5) is 4.39 Å². The van der Waals surface area contributed by atoms with Crippen LogP contribution >= 0.6 is 0 Å². The van der Waals surface area contributed by atoms with E-state index in [4.69, 9.17) is 4.74 Å². The van der Waals surface area contributed by atoms with Crippen molar-refractivity contribution in [3.8, 4) is 5.69 Å². The summed E-state index contributed by atoms with van der Waals surface area (Å²) in [6.07, 6.45) is 2.33. The van der Waals surface area contributed by atoms with Crippen LogP contribution in [0.1, 0.15) is 23.3 Å². The molecule has 3 rings (SSSR count). The summed E-state index contributed by atoms with van der Waals surface area (Å²) in [5, 5.41) is 17.8. The Morgan fingerprint density at radius 2 is 2.08 bits per heavy atom. The number of carbonyl (C=O) groups is 2. The van der Waals surface area contributed by atoms with Crippen molar-refractivity contribution < 1.29 is 23.8 Å². The lowest BCUT2D eigenvalue weighted by atomic mass is 9.80. The number of hydrogen-bond acceptors (Lipinski definition) is 5. The lowest BCUT2D eigenvalue weighted by Crippen LogP contribution is -2.52. The van der Waals surface area contributed by atoms with Crippen molar-refractivity contribution in [2.24, 2.45) is 5.41 Å². The summed E-state index contributed by atoms with van der Waals surface area (Å²) >= 11 is 0. The second kappa shape index (κ2) is 7.20. The summed E-state index contributed by atoms with van der Waals surface area (Å²) in [6, 6.07) is 5.55. The van der Waals surface area contributed by atoms with E-state index >= 15 is 0 Å². The Balaban J connectivity index is 1.79. The first kappa shape index (κ1) is 18.0. The number of likely N-dealkylation sites (tertiary alicyclic amines) is 1. The lowest BCUT2D eigenvalue weighted by molar-refractivity contribution is -0.155. The molecule has 0 radical (unpaired) electrons. The number of rotatable bonds is 5. The maximum Gasteiger partial charge on any atom is 0.313 e. The van der Waals surface area contributed by atoms with Gasteiger partial charge in [0, 0.05) is 20.2 Å². The number of ether oxygens (including phenoxy) is 1. The van der Waals surface area contributed by atoms with E-state index in [1.807, 2.05) is 0 Å². The Hall–Kier alpha value is -2.81. The number of aromatic nitrogens is 3. The highest BCUT2D eigenvalue weighted by molar-refractivity contribution is 5.92. The molecular formula is C17H19FN4O4. The summed E-state index contributed by atoms with van der Waals surface area (Å²) in [5.41, 5.74) is -0.494. The molecule has 1 amide bonds. The highest BCUT2D eigenvalue weighted by atomic mass is 19.1. The monoisotopic (exact) mass is 362 g/mol. The van der Waals surface area contributed by atoms with Crippen molar-refractivity contribution in [3.63, 3.8) is 0 Å². The van der Waals surface area contributed by atoms with Gasteiger partial charge in [-0.3, -0.25) is 9.59 Å². The zero-order valence-electron chi connectivity index (χ0n) is 14.3. The summed E-state index contributed by atoms with van der Waals surface area (Å²) < 4.78 is 18.1. The van der Waals surface area contributed by atoms with Gasteiger partial charge in [-0.25, -0.2) is 4.39 Å². The lowest BCUT2D eigenvalue weighted by Gasteiger charge is -2.39. The maximum absolute atomic E-state index is 13.0. The van der Waals surface area contributed by atoms with Gasteiger partial charge in [-0.2, -0.15) is 9.90 Å². The molecule has 2 aromatic rings. The van der Waals surface area contributed by atoms with Gasteiger partial charge in [-0.05, 0) is 37.1 Å². The first-order valence-electron chi connectivity index (χ1n) is 8.15. The van der Waals surface area contributed by atoms with Gasteiger partial charge in [0.15, 0.2) is 5.69 Å². The molecule has 8 nitrogen and oxygen atoms in total. The summed E-state index contributed by atoms with van der Waals surface area (Å²) in [6.45, 7) is 0.535. The van der Waals surface area contributed by atoms with E-state index in [1.54, 1.807) is 0 Å². The van der Waals surface area contributed by atoms with Crippen LogP contribution in [0, 0.1) is 11.2 Å². The van der Waals surface area contributed by atoms with Crippen molar-refractivity contribution in [3.05, 3.63) is 42.0 Å². The summed E-state index contributed by atoms with van der Waals surface area (Å²) in [5.74, 6) is -1.75. The van der Waals surface area contributed by atoms with Gasteiger partial charge < -0.3 is 14.7 Å². The number of amides is 1. The predicted molar refractivity (Wildman–Crippen MR) is 88.4 cm³/mol. The molecule has 1 unspecified atom stereocenters. The number of carbonyl (C=O) groups excluding carboxylic acids is 1. The maximum atomic E-state index is 13.0. The van der Waals surface area contributed by atoms with Gasteiger partial charge in [0.1, 0.15) is 11.2 Å². The topological polar surface area (TPSA) is 97.5 Å². The molecule has 9 heteroatoms. The Labute approximate surface area is 149 Å². The number of halogens is 1. The minimum Gasteiger partial charge on any atom is -0.481 e. The molecule has 1 aliphatic heterocycles. The fourth-order valence-electron chi connectivity index (χ4n) is 3.16. The van der Waals surface area contributed by atoms with Crippen molar-refractivity contribution in [2.75, 3.05) is 26.8 Å². The smallest absolute Gasteiger partial charge is 0.313 e. The highest BCUT2D eigenvalue weighted by Gasteiger charge is 2.44. The van der Waals surface area contributed by atoms with E-state index in [1.165, 1.54) is 47.3 Å². The molecule has 1 fully saturated rings. The quantitative estimate of drug-likeness (QED) is 0.863. The molecule has 1 aromatic heterocycles. The molecule has 0 spiro atoms. The first-order chi connectivity index (χ1) is 12.4. The van der Waals surface area contributed by atoms with Gasteiger partial charge in [0.05, 0.1) is 18.5 Å². The standard InChI is InChI=1S/C17H19FN4O4/c1-26-11-17(16(24)25)7-2-8-21(10-17)15(23)14-9-19-22(20-14)13-5-3-12(18)4-6-13/h3-6,9H,2,7-8,10-11H2,1H3,(H,24,25). The van der Waals surface area contributed by atoms with Crippen LogP contribution in [-0.2, 0) is 9.53 Å². The molecule has 26 heavy (non-hydrogen) atoms. The van der Waals surface area contributed by atoms with E-state index in [0.29, 0.717) is 25.1 Å². The van der Waals surface area contributed by atoms with Crippen LogP contribution in [-0.4, -0.2) is 63.7 Å². The molecule has 1 saturated heterocycles. The number of methoxy groups -OCH3 is 1. The summed E-state index contributed by atoms with van der Waals surface area (Å²) in [7, 11) is 1.44.